The van der Waals surface area contributed by atoms with Crippen LogP contribution in [0.3, 0.4) is 0 Å². The molecule has 3 aromatic rings. The van der Waals surface area contributed by atoms with Gasteiger partial charge in [0.2, 0.25) is 0 Å². The maximum atomic E-state index is 9.92. The van der Waals surface area contributed by atoms with E-state index in [-0.39, 0.29) is 12.6 Å². The Hall–Kier alpha value is -2.84. The van der Waals surface area contributed by atoms with Gasteiger partial charge in [-0.2, -0.15) is 5.10 Å². The van der Waals surface area contributed by atoms with Crippen LogP contribution in [0.4, 0.5) is 5.82 Å². The molecule has 1 N–H and O–H groups in total. The van der Waals surface area contributed by atoms with Crippen LogP contribution in [-0.4, -0.2) is 59.9 Å². The quantitative estimate of drug-likeness (QED) is 0.682. The van der Waals surface area contributed by atoms with E-state index in [0.717, 1.165) is 46.0 Å². The number of morpholine rings is 1. The van der Waals surface area contributed by atoms with Crippen molar-refractivity contribution >= 4 is 16.9 Å². The molecular weight excluding hydrogens is 372 g/mol. The Bertz CT molecular complexity index is 1000. The summed E-state index contributed by atoms with van der Waals surface area (Å²) in [5.41, 5.74) is 2.52. The van der Waals surface area contributed by atoms with Crippen LogP contribution in [0.25, 0.3) is 11.0 Å². The first-order valence-electron chi connectivity index (χ1n) is 9.66. The molecule has 0 unspecified atom stereocenters. The van der Waals surface area contributed by atoms with Gasteiger partial charge in [0.25, 0.3) is 0 Å². The van der Waals surface area contributed by atoms with E-state index in [0.29, 0.717) is 19.8 Å². The molecule has 0 aliphatic carbocycles. The fraction of sp³-hybridized carbons (Fsp3) is 0.429. The molecule has 0 spiro atoms. The van der Waals surface area contributed by atoms with Crippen LogP contribution in [0.2, 0.25) is 0 Å². The fourth-order valence-corrected chi connectivity index (χ4v) is 3.70. The number of anilines is 1. The molecule has 2 aromatic heterocycles. The lowest BCUT2D eigenvalue weighted by atomic mass is 10.1. The van der Waals surface area contributed by atoms with Crippen molar-refractivity contribution in [2.24, 2.45) is 0 Å². The molecule has 0 saturated carbocycles. The first kappa shape index (κ1) is 19.5. The highest BCUT2D eigenvalue weighted by Crippen LogP contribution is 2.28. The monoisotopic (exact) mass is 398 g/mol. The average Bonchev–Trinajstić information content (AvgIpc) is 3.16. The third-order valence-electron chi connectivity index (χ3n) is 5.33. The molecule has 1 aliphatic heterocycles. The van der Waals surface area contributed by atoms with Crippen LogP contribution in [0.15, 0.2) is 30.5 Å². The van der Waals surface area contributed by atoms with Crippen molar-refractivity contribution in [2.45, 2.75) is 26.1 Å². The van der Waals surface area contributed by atoms with Gasteiger partial charge in [-0.1, -0.05) is 0 Å². The minimum absolute atomic E-state index is 0.0672. The highest BCUT2D eigenvalue weighted by molar-refractivity contribution is 5.81. The Balaban J connectivity index is 1.75. The molecule has 4 rings (SSSR count). The van der Waals surface area contributed by atoms with E-state index in [2.05, 4.69) is 16.9 Å². The summed E-state index contributed by atoms with van der Waals surface area (Å²) in [6.07, 6.45) is 1.76. The zero-order valence-corrected chi connectivity index (χ0v) is 17.0. The number of aliphatic hydroxyl groups is 1. The highest BCUT2D eigenvalue weighted by Gasteiger charge is 2.22. The molecule has 1 atom stereocenters. The van der Waals surface area contributed by atoms with Crippen molar-refractivity contribution in [3.63, 3.8) is 0 Å². The smallest absolute Gasteiger partial charge is 0.160 e. The van der Waals surface area contributed by atoms with Crippen molar-refractivity contribution in [3.8, 4) is 11.5 Å². The molecule has 0 amide bonds. The van der Waals surface area contributed by atoms with Crippen LogP contribution < -0.4 is 14.4 Å². The van der Waals surface area contributed by atoms with Crippen LogP contribution in [-0.2, 0) is 17.9 Å². The van der Waals surface area contributed by atoms with Gasteiger partial charge in [0.15, 0.2) is 5.65 Å². The van der Waals surface area contributed by atoms with Gasteiger partial charge < -0.3 is 24.2 Å². The van der Waals surface area contributed by atoms with E-state index in [1.807, 2.05) is 28.9 Å². The molecule has 154 valence electrons. The lowest BCUT2D eigenvalue weighted by Gasteiger charge is -2.34. The van der Waals surface area contributed by atoms with Crippen molar-refractivity contribution in [3.05, 3.63) is 41.6 Å². The first-order valence-corrected chi connectivity index (χ1v) is 9.66. The van der Waals surface area contributed by atoms with Gasteiger partial charge in [-0.25, -0.2) is 9.67 Å². The molecule has 1 aliphatic rings. The first-order chi connectivity index (χ1) is 14.1. The van der Waals surface area contributed by atoms with Crippen molar-refractivity contribution in [1.29, 1.82) is 0 Å². The van der Waals surface area contributed by atoms with Gasteiger partial charge in [-0.05, 0) is 30.7 Å². The van der Waals surface area contributed by atoms with E-state index < -0.39 is 0 Å². The normalized spacial score (nSPS) is 17.0. The largest absolute Gasteiger partial charge is 0.497 e. The number of hydrogen-bond acceptors (Lipinski definition) is 7. The lowest BCUT2D eigenvalue weighted by Crippen LogP contribution is -2.44. The van der Waals surface area contributed by atoms with E-state index >= 15 is 0 Å². The average molecular weight is 398 g/mol. The number of benzene rings is 1. The van der Waals surface area contributed by atoms with Crippen molar-refractivity contribution < 1.29 is 19.3 Å². The van der Waals surface area contributed by atoms with Crippen molar-refractivity contribution in [1.82, 2.24) is 14.8 Å². The van der Waals surface area contributed by atoms with E-state index in [1.165, 1.54) is 0 Å². The van der Waals surface area contributed by atoms with Gasteiger partial charge in [0.1, 0.15) is 17.3 Å². The molecule has 8 heteroatoms. The Morgan fingerprint density at radius 1 is 1.21 bits per heavy atom. The number of hydrogen-bond donors (Lipinski definition) is 1. The maximum Gasteiger partial charge on any atom is 0.160 e. The second-order valence-electron chi connectivity index (χ2n) is 7.13. The van der Waals surface area contributed by atoms with Gasteiger partial charge in [-0.3, -0.25) is 0 Å². The van der Waals surface area contributed by atoms with Crippen molar-refractivity contribution in [2.75, 3.05) is 38.9 Å². The predicted molar refractivity (Wildman–Crippen MR) is 110 cm³/mol. The Morgan fingerprint density at radius 2 is 2.07 bits per heavy atom. The summed E-state index contributed by atoms with van der Waals surface area (Å²) in [6.45, 7) is 4.64. The van der Waals surface area contributed by atoms with Crippen LogP contribution in [0.5, 0.6) is 11.5 Å². The zero-order valence-electron chi connectivity index (χ0n) is 17.0. The number of nitrogens with zero attached hydrogens (tertiary/aromatic N) is 4. The zero-order chi connectivity index (χ0) is 20.4. The third-order valence-corrected chi connectivity index (χ3v) is 5.33. The van der Waals surface area contributed by atoms with Crippen LogP contribution in [0, 0.1) is 0 Å². The summed E-state index contributed by atoms with van der Waals surface area (Å²) in [6, 6.07) is 7.89. The molecule has 8 nitrogen and oxygen atoms in total. The Labute approximate surface area is 169 Å². The summed E-state index contributed by atoms with van der Waals surface area (Å²) in [5, 5.41) is 15.3. The Morgan fingerprint density at radius 3 is 2.79 bits per heavy atom. The number of ether oxygens (including phenoxy) is 3. The molecule has 1 fully saturated rings. The molecule has 0 radical (unpaired) electrons. The second kappa shape index (κ2) is 8.26. The number of aromatic nitrogens is 3. The lowest BCUT2D eigenvalue weighted by molar-refractivity contribution is 0.0985. The van der Waals surface area contributed by atoms with E-state index in [1.54, 1.807) is 20.4 Å². The topological polar surface area (TPSA) is 81.9 Å². The van der Waals surface area contributed by atoms with Crippen LogP contribution >= 0.6 is 0 Å². The van der Waals surface area contributed by atoms with Gasteiger partial charge >= 0.3 is 0 Å². The molecule has 0 bridgehead atoms. The van der Waals surface area contributed by atoms with E-state index in [4.69, 9.17) is 19.2 Å². The molecule has 1 saturated heterocycles. The minimum Gasteiger partial charge on any atom is -0.497 e. The predicted octanol–water partition coefficient (Wildman–Crippen LogP) is 2.21. The summed E-state index contributed by atoms with van der Waals surface area (Å²) in [7, 11) is 3.27. The highest BCUT2D eigenvalue weighted by atomic mass is 16.5. The molecule has 1 aromatic carbocycles. The number of methoxy groups -OCH3 is 2. The van der Waals surface area contributed by atoms with Gasteiger partial charge in [-0.15, -0.1) is 0 Å². The van der Waals surface area contributed by atoms with Crippen LogP contribution in [0.1, 0.15) is 18.1 Å². The number of rotatable bonds is 6. The number of aliphatic hydroxyl groups excluding tert-OH is 1. The summed E-state index contributed by atoms with van der Waals surface area (Å²) in [4.78, 5) is 7.11. The number of pyridine rings is 1. The SMILES string of the molecule is COc1ccc(Cn2ncc3c(CO)cc(N4CCOC[C@H]4C)nc32)c(OC)c1. The summed E-state index contributed by atoms with van der Waals surface area (Å²) in [5.74, 6) is 2.30. The number of fused-ring (bicyclic) bond motifs is 1. The van der Waals surface area contributed by atoms with Gasteiger partial charge in [0.05, 0.1) is 52.8 Å². The Kier molecular flexibility index (Phi) is 5.55. The minimum atomic E-state index is -0.0672. The third kappa shape index (κ3) is 3.73. The summed E-state index contributed by atoms with van der Waals surface area (Å²) < 4.78 is 18.2. The second-order valence-corrected chi connectivity index (χ2v) is 7.13. The molecule has 3 heterocycles. The molecule has 29 heavy (non-hydrogen) atoms. The summed E-state index contributed by atoms with van der Waals surface area (Å²) >= 11 is 0. The van der Waals surface area contributed by atoms with Gasteiger partial charge in [0, 0.05) is 23.6 Å². The van der Waals surface area contributed by atoms with E-state index in [9.17, 15) is 5.11 Å². The molecular formula is C21H26N4O4. The fourth-order valence-electron chi connectivity index (χ4n) is 3.70. The maximum absolute atomic E-state index is 9.92. The standard InChI is InChI=1S/C21H26N4O4/c1-14-13-29-7-6-24(14)20-8-16(12-26)18-10-22-25(21(18)23-20)11-15-4-5-17(27-2)9-19(15)28-3/h4-5,8-10,14,26H,6-7,11-13H2,1-3H3/t14-/m1/s1.